The first-order valence-electron chi connectivity index (χ1n) is 19.3. The van der Waals surface area contributed by atoms with Gasteiger partial charge in [-0.3, -0.25) is 4.79 Å². The highest BCUT2D eigenvalue weighted by atomic mass is 16.5. The van der Waals surface area contributed by atoms with Gasteiger partial charge in [-0.15, -0.1) is 0 Å². The fourth-order valence-electron chi connectivity index (χ4n) is 6.07. The largest absolute Gasteiger partial charge is 0.392 e. The van der Waals surface area contributed by atoms with Crippen molar-refractivity contribution >= 4 is 5.91 Å². The van der Waals surface area contributed by atoms with Crippen LogP contribution in [-0.4, -0.2) is 55.4 Å². The minimum absolute atomic E-state index is 0.0837. The summed E-state index contributed by atoms with van der Waals surface area (Å²) in [5.41, 5.74) is 1.21. The van der Waals surface area contributed by atoms with Crippen LogP contribution < -0.4 is 0 Å². The van der Waals surface area contributed by atoms with E-state index in [9.17, 15) is 9.90 Å². The van der Waals surface area contributed by atoms with E-state index in [1.807, 2.05) is 19.2 Å². The molecule has 45 heavy (non-hydrogen) atoms. The summed E-state index contributed by atoms with van der Waals surface area (Å²) in [6.45, 7) is 6.86. The van der Waals surface area contributed by atoms with Crippen LogP contribution in [0.25, 0.3) is 0 Å². The molecule has 0 bridgehead atoms. The molecule has 1 amide bonds. The number of hydrogen-bond donors (Lipinski definition) is 1. The van der Waals surface area contributed by atoms with Crippen LogP contribution in [0.2, 0.25) is 0 Å². The van der Waals surface area contributed by atoms with Gasteiger partial charge in [0.1, 0.15) is 0 Å². The Labute approximate surface area is 279 Å². The standard InChI is InChI=1S/C40H73NO4/c1-4-6-8-10-12-14-16-18-20-22-24-28-32-44-36-38(34-41(3)40(43)39-31-27-26-30-37(39)35-42)45-33-29-25-23-21-19-17-15-13-11-9-7-5-2/h26-27,30-31,38,42H,4-25,28-29,32-36H2,1-3H3. The van der Waals surface area contributed by atoms with E-state index in [4.69, 9.17) is 9.47 Å². The van der Waals surface area contributed by atoms with E-state index in [-0.39, 0.29) is 18.6 Å². The topological polar surface area (TPSA) is 59.0 Å². The van der Waals surface area contributed by atoms with Crippen molar-refractivity contribution in [1.29, 1.82) is 0 Å². The molecule has 0 spiro atoms. The summed E-state index contributed by atoms with van der Waals surface area (Å²) in [5, 5.41) is 9.70. The Bertz CT molecular complexity index is 785. The van der Waals surface area contributed by atoms with Crippen molar-refractivity contribution in [3.8, 4) is 0 Å². The van der Waals surface area contributed by atoms with Gasteiger partial charge in [0.2, 0.25) is 0 Å². The van der Waals surface area contributed by atoms with Crippen molar-refractivity contribution in [1.82, 2.24) is 4.90 Å². The number of aliphatic hydroxyl groups excluding tert-OH is 1. The van der Waals surface area contributed by atoms with Crippen LogP contribution in [0.5, 0.6) is 0 Å². The van der Waals surface area contributed by atoms with Gasteiger partial charge >= 0.3 is 0 Å². The maximum atomic E-state index is 13.2. The average Bonchev–Trinajstić information content (AvgIpc) is 3.06. The Morgan fingerprint density at radius 2 is 1.07 bits per heavy atom. The molecular formula is C40H73NO4. The third-order valence-corrected chi connectivity index (χ3v) is 9.04. The van der Waals surface area contributed by atoms with Crippen LogP contribution >= 0.6 is 0 Å². The summed E-state index contributed by atoms with van der Waals surface area (Å²) in [6.07, 6.45) is 31.8. The van der Waals surface area contributed by atoms with Crippen LogP contribution in [0.3, 0.4) is 0 Å². The highest BCUT2D eigenvalue weighted by Crippen LogP contribution is 2.15. The van der Waals surface area contributed by atoms with Gasteiger partial charge in [0.25, 0.3) is 5.91 Å². The molecule has 262 valence electrons. The van der Waals surface area contributed by atoms with Crippen molar-refractivity contribution in [3.63, 3.8) is 0 Å². The summed E-state index contributed by atoms with van der Waals surface area (Å²) < 4.78 is 12.4. The lowest BCUT2D eigenvalue weighted by molar-refractivity contribution is -0.0291. The van der Waals surface area contributed by atoms with Gasteiger partial charge in [-0.25, -0.2) is 0 Å². The first kappa shape index (κ1) is 41.6. The van der Waals surface area contributed by atoms with Gasteiger partial charge < -0.3 is 19.5 Å². The van der Waals surface area contributed by atoms with Crippen molar-refractivity contribution < 1.29 is 19.4 Å². The number of nitrogens with zero attached hydrogens (tertiary/aromatic N) is 1. The lowest BCUT2D eigenvalue weighted by atomic mass is 10.1. The van der Waals surface area contributed by atoms with Crippen LogP contribution in [-0.2, 0) is 16.1 Å². The number of carbonyl (C=O) groups excluding carboxylic acids is 1. The zero-order chi connectivity index (χ0) is 32.6. The monoisotopic (exact) mass is 632 g/mol. The maximum absolute atomic E-state index is 13.2. The molecule has 0 radical (unpaired) electrons. The number of likely N-dealkylation sites (N-methyl/N-ethyl adjacent to an activating group) is 1. The minimum Gasteiger partial charge on any atom is -0.392 e. The lowest BCUT2D eigenvalue weighted by Gasteiger charge is -2.25. The van der Waals surface area contributed by atoms with Crippen LogP contribution in [0, 0.1) is 0 Å². The van der Waals surface area contributed by atoms with E-state index in [2.05, 4.69) is 13.8 Å². The van der Waals surface area contributed by atoms with Crippen LogP contribution in [0.4, 0.5) is 0 Å². The number of hydrogen-bond acceptors (Lipinski definition) is 4. The maximum Gasteiger partial charge on any atom is 0.254 e. The Balaban J connectivity index is 2.30. The molecule has 1 aromatic carbocycles. The molecule has 0 saturated heterocycles. The van der Waals surface area contributed by atoms with Gasteiger partial charge in [-0.1, -0.05) is 173 Å². The van der Waals surface area contributed by atoms with E-state index in [0.29, 0.717) is 30.9 Å². The van der Waals surface area contributed by atoms with E-state index in [1.165, 1.54) is 141 Å². The average molecular weight is 632 g/mol. The number of unbranched alkanes of at least 4 members (excludes halogenated alkanes) is 22. The number of ether oxygens (including phenoxy) is 2. The lowest BCUT2D eigenvalue weighted by Crippen LogP contribution is -2.38. The number of amides is 1. The Morgan fingerprint density at radius 3 is 1.53 bits per heavy atom. The quantitative estimate of drug-likeness (QED) is 0.0784. The van der Waals surface area contributed by atoms with E-state index in [1.54, 1.807) is 17.0 Å². The molecule has 0 fully saturated rings. The predicted molar refractivity (Wildman–Crippen MR) is 192 cm³/mol. The van der Waals surface area contributed by atoms with Gasteiger partial charge in [-0.2, -0.15) is 0 Å². The Morgan fingerprint density at radius 1 is 0.644 bits per heavy atom. The van der Waals surface area contributed by atoms with Crippen LogP contribution in [0.15, 0.2) is 24.3 Å². The van der Waals surface area contributed by atoms with Gasteiger partial charge in [0.05, 0.1) is 19.3 Å². The minimum atomic E-state index is -0.148. The van der Waals surface area contributed by atoms with Crippen molar-refractivity contribution in [2.24, 2.45) is 0 Å². The fraction of sp³-hybridized carbons (Fsp3) is 0.825. The molecular weight excluding hydrogens is 558 g/mol. The molecule has 1 N–H and O–H groups in total. The van der Waals surface area contributed by atoms with Gasteiger partial charge in [-0.05, 0) is 24.5 Å². The zero-order valence-corrected chi connectivity index (χ0v) is 30.0. The third-order valence-electron chi connectivity index (χ3n) is 9.04. The molecule has 0 aliphatic carbocycles. The molecule has 1 unspecified atom stereocenters. The third kappa shape index (κ3) is 23.5. The Kier molecular flexibility index (Phi) is 28.8. The predicted octanol–water partition coefficient (Wildman–Crippen LogP) is 11.1. The van der Waals surface area contributed by atoms with Crippen molar-refractivity contribution in [2.45, 2.75) is 181 Å². The van der Waals surface area contributed by atoms with Gasteiger partial charge in [0, 0.05) is 32.4 Å². The molecule has 0 aromatic heterocycles. The SMILES string of the molecule is CCCCCCCCCCCCCCOCC(CN(C)C(=O)c1ccccc1CO)OCCCCCCCCCCCCCC. The van der Waals surface area contributed by atoms with Crippen molar-refractivity contribution in [2.75, 3.05) is 33.4 Å². The van der Waals surface area contributed by atoms with Crippen LogP contribution in [0.1, 0.15) is 184 Å². The number of carbonyl (C=O) groups is 1. The molecule has 1 rings (SSSR count). The zero-order valence-electron chi connectivity index (χ0n) is 30.0. The molecule has 0 saturated carbocycles. The summed E-state index contributed by atoms with van der Waals surface area (Å²) in [7, 11) is 1.82. The number of aliphatic hydroxyl groups is 1. The highest BCUT2D eigenvalue weighted by Gasteiger charge is 2.20. The number of rotatable bonds is 33. The molecule has 1 atom stereocenters. The summed E-state index contributed by atoms with van der Waals surface area (Å²) >= 11 is 0. The van der Waals surface area contributed by atoms with E-state index < -0.39 is 0 Å². The van der Waals surface area contributed by atoms with E-state index >= 15 is 0 Å². The summed E-state index contributed by atoms with van der Waals surface area (Å²) in [5.74, 6) is -0.0837. The normalized spacial score (nSPS) is 12.1. The molecule has 0 aliphatic heterocycles. The second kappa shape index (κ2) is 31.2. The van der Waals surface area contributed by atoms with Gasteiger partial charge in [0.15, 0.2) is 0 Å². The van der Waals surface area contributed by atoms with Crippen molar-refractivity contribution in [3.05, 3.63) is 35.4 Å². The smallest absolute Gasteiger partial charge is 0.254 e. The first-order valence-corrected chi connectivity index (χ1v) is 19.3. The molecule has 0 aliphatic rings. The molecule has 1 aromatic rings. The van der Waals surface area contributed by atoms with E-state index in [0.717, 1.165) is 19.4 Å². The second-order valence-corrected chi connectivity index (χ2v) is 13.3. The second-order valence-electron chi connectivity index (χ2n) is 13.3. The first-order chi connectivity index (χ1) is 22.1. The molecule has 0 heterocycles. The molecule has 5 heteroatoms. The highest BCUT2D eigenvalue weighted by molar-refractivity contribution is 5.95. The molecule has 5 nitrogen and oxygen atoms in total. The summed E-state index contributed by atoms with van der Waals surface area (Å²) in [4.78, 5) is 14.9. The number of benzene rings is 1. The Hall–Kier alpha value is -1.43. The fourth-order valence-corrected chi connectivity index (χ4v) is 6.07. The summed E-state index contributed by atoms with van der Waals surface area (Å²) in [6, 6.07) is 7.29.